The van der Waals surface area contributed by atoms with Crippen molar-refractivity contribution < 1.29 is 45.4 Å². The smallest absolute Gasteiger partial charge is 0.337 e. The molecule has 2 unspecified atom stereocenters. The van der Waals surface area contributed by atoms with Crippen molar-refractivity contribution in [3.05, 3.63) is 111 Å². The number of carbonyl (C=O) groups is 2. The van der Waals surface area contributed by atoms with Gasteiger partial charge >= 0.3 is 5.97 Å². The van der Waals surface area contributed by atoms with Gasteiger partial charge in [0, 0.05) is 30.3 Å². The van der Waals surface area contributed by atoms with Crippen LogP contribution in [0.15, 0.2) is 72.0 Å². The van der Waals surface area contributed by atoms with Crippen LogP contribution in [0, 0.1) is 6.92 Å². The number of amides is 1. The molecule has 1 amide bonds. The molecule has 2 aromatic carbocycles. The normalized spacial score (nSPS) is 20.6. The Morgan fingerprint density at radius 3 is 2.33 bits per heavy atom. The molecule has 9 nitrogen and oxygen atoms in total. The summed E-state index contributed by atoms with van der Waals surface area (Å²) in [6, 6.07) is 12.0. The van der Waals surface area contributed by atoms with E-state index in [1.807, 2.05) is 4.72 Å². The standard InChI is InChI=1S/C39H40ClF4N3O6S/c1-20-24(6-5-13-45-20)18-39(35(40)31(42)30(41)32(43)36(39)44)54(51,52)46-19-29(48)47-33-28(37(49)50)12-9-23(34(33)53-27-10-11-27)14-21-15-25(22-7-8-22)17-26(16-21)38(2,3)4/h5-6,9,12-13,15-17,22,27,35,46H,7-8,10-11,14,18-19H2,1-4H3,(H,47,48)(H,49,50). The first-order valence-corrected chi connectivity index (χ1v) is 19.4. The summed E-state index contributed by atoms with van der Waals surface area (Å²) in [6.45, 7) is 6.63. The van der Waals surface area contributed by atoms with Gasteiger partial charge in [-0.1, -0.05) is 51.1 Å². The van der Waals surface area contributed by atoms with Crippen LogP contribution in [0.3, 0.4) is 0 Å². The van der Waals surface area contributed by atoms with E-state index < -0.39 is 68.3 Å². The van der Waals surface area contributed by atoms with Crippen LogP contribution in [-0.2, 0) is 33.1 Å². The van der Waals surface area contributed by atoms with Crippen molar-refractivity contribution in [3.8, 4) is 5.75 Å². The molecule has 0 radical (unpaired) electrons. The number of carboxylic acid groups (broad SMARTS) is 1. The molecule has 288 valence electrons. The molecule has 3 aromatic rings. The van der Waals surface area contributed by atoms with Crippen molar-refractivity contribution >= 4 is 39.2 Å². The lowest BCUT2D eigenvalue weighted by molar-refractivity contribution is -0.115. The van der Waals surface area contributed by atoms with Gasteiger partial charge in [-0.2, -0.15) is 0 Å². The average molecular weight is 790 g/mol. The predicted molar refractivity (Wildman–Crippen MR) is 196 cm³/mol. The second-order valence-electron chi connectivity index (χ2n) is 15.1. The number of aromatic carboxylic acids is 1. The second-order valence-corrected chi connectivity index (χ2v) is 17.6. The summed E-state index contributed by atoms with van der Waals surface area (Å²) < 4.78 is 92.7. The Morgan fingerprint density at radius 1 is 1.02 bits per heavy atom. The Morgan fingerprint density at radius 2 is 1.72 bits per heavy atom. The fourth-order valence-corrected chi connectivity index (χ4v) is 8.72. The Labute approximate surface area is 315 Å². The summed E-state index contributed by atoms with van der Waals surface area (Å²) in [4.78, 5) is 30.0. The van der Waals surface area contributed by atoms with Gasteiger partial charge in [-0.15, -0.1) is 11.6 Å². The quantitative estimate of drug-likeness (QED) is 0.118. The highest BCUT2D eigenvalue weighted by atomic mass is 35.5. The van der Waals surface area contributed by atoms with Crippen LogP contribution in [-0.4, -0.2) is 53.2 Å². The molecule has 2 atom stereocenters. The predicted octanol–water partition coefficient (Wildman–Crippen LogP) is 8.16. The van der Waals surface area contributed by atoms with Crippen LogP contribution < -0.4 is 14.8 Å². The van der Waals surface area contributed by atoms with Crippen LogP contribution in [0.1, 0.15) is 96.2 Å². The van der Waals surface area contributed by atoms with Gasteiger partial charge in [0.05, 0.1) is 23.9 Å². The maximum absolute atomic E-state index is 15.8. The average Bonchev–Trinajstić information content (AvgIpc) is 4.05. The number of hydrogen-bond acceptors (Lipinski definition) is 6. The number of sulfonamides is 1. The molecule has 0 spiro atoms. The number of alkyl halides is 1. The molecule has 1 aromatic heterocycles. The molecule has 3 N–H and O–H groups in total. The molecule has 0 aliphatic heterocycles. The minimum absolute atomic E-state index is 0.0260. The monoisotopic (exact) mass is 789 g/mol. The third-order valence-corrected chi connectivity index (χ3v) is 12.7. The first kappa shape index (κ1) is 39.4. The van der Waals surface area contributed by atoms with Gasteiger partial charge in [0.2, 0.25) is 15.9 Å². The van der Waals surface area contributed by atoms with Crippen molar-refractivity contribution in [1.82, 2.24) is 9.71 Å². The molecule has 6 rings (SSSR count). The lowest BCUT2D eigenvalue weighted by Gasteiger charge is -2.37. The number of hydrogen-bond donors (Lipinski definition) is 3. The van der Waals surface area contributed by atoms with Gasteiger partial charge in [0.25, 0.3) is 0 Å². The minimum Gasteiger partial charge on any atom is -0.488 e. The molecule has 0 bridgehead atoms. The third-order valence-electron chi connectivity index (χ3n) is 9.94. The number of anilines is 1. The van der Waals surface area contributed by atoms with Crippen LogP contribution in [0.25, 0.3) is 0 Å². The number of halogens is 5. The van der Waals surface area contributed by atoms with Gasteiger partial charge in [0.15, 0.2) is 28.1 Å². The molecule has 0 saturated heterocycles. The fraction of sp³-hybridized carbons (Fsp3) is 0.410. The van der Waals surface area contributed by atoms with Crippen LogP contribution in [0.2, 0.25) is 0 Å². The number of allylic oxidation sites excluding steroid dienone is 3. The Bertz CT molecular complexity index is 2200. The maximum Gasteiger partial charge on any atom is 0.337 e. The lowest BCUT2D eigenvalue weighted by atomic mass is 9.83. The molecule has 54 heavy (non-hydrogen) atoms. The van der Waals surface area contributed by atoms with Gasteiger partial charge in [-0.05, 0) is 78.3 Å². The number of carbonyl (C=O) groups excluding carboxylic acids is 1. The Kier molecular flexibility index (Phi) is 10.8. The van der Waals surface area contributed by atoms with Crippen LogP contribution >= 0.6 is 11.6 Å². The SMILES string of the molecule is Cc1ncccc1CC1(S(=O)(=O)NCC(=O)Nc2c(C(=O)O)ccc(Cc3cc(C4CC4)cc(C(C)(C)C)c3)c2OC2CC2)C(F)=C(F)C(F)=C(F)C1Cl. The van der Waals surface area contributed by atoms with Gasteiger partial charge in [-0.25, -0.2) is 35.5 Å². The summed E-state index contributed by atoms with van der Waals surface area (Å²) in [6.07, 6.45) is 4.00. The lowest BCUT2D eigenvalue weighted by Crippen LogP contribution is -2.57. The highest BCUT2D eigenvalue weighted by Crippen LogP contribution is 2.49. The number of nitrogens with zero attached hydrogens (tertiary/aromatic N) is 1. The number of ether oxygens (including phenoxy) is 1. The van der Waals surface area contributed by atoms with Crippen molar-refractivity contribution in [3.63, 3.8) is 0 Å². The van der Waals surface area contributed by atoms with E-state index in [0.29, 0.717) is 30.7 Å². The zero-order valence-corrected chi connectivity index (χ0v) is 31.6. The van der Waals surface area contributed by atoms with E-state index in [1.165, 1.54) is 36.9 Å². The van der Waals surface area contributed by atoms with Gasteiger partial charge < -0.3 is 15.2 Å². The summed E-state index contributed by atoms with van der Waals surface area (Å²) in [5.74, 6) is -10.9. The van der Waals surface area contributed by atoms with E-state index in [9.17, 15) is 36.3 Å². The number of aromatic nitrogens is 1. The molecule has 15 heteroatoms. The van der Waals surface area contributed by atoms with Crippen molar-refractivity contribution in [2.45, 2.75) is 93.8 Å². The summed E-state index contributed by atoms with van der Waals surface area (Å²) in [5.41, 5.74) is 3.35. The largest absolute Gasteiger partial charge is 0.488 e. The van der Waals surface area contributed by atoms with E-state index in [4.69, 9.17) is 16.3 Å². The van der Waals surface area contributed by atoms with Gasteiger partial charge in [0.1, 0.15) is 11.1 Å². The maximum atomic E-state index is 15.8. The first-order chi connectivity index (χ1) is 25.3. The second kappa shape index (κ2) is 14.8. The number of aryl methyl sites for hydroxylation is 1. The zero-order valence-electron chi connectivity index (χ0n) is 30.0. The third kappa shape index (κ3) is 7.78. The number of carboxylic acids is 1. The molecule has 2 fully saturated rings. The fourth-order valence-electron chi connectivity index (χ4n) is 6.47. The molecule has 1 heterocycles. The molecule has 3 aliphatic rings. The highest BCUT2D eigenvalue weighted by molar-refractivity contribution is 7.91. The summed E-state index contributed by atoms with van der Waals surface area (Å²) >= 11 is 6.12. The van der Waals surface area contributed by atoms with Crippen molar-refractivity contribution in [1.29, 1.82) is 0 Å². The van der Waals surface area contributed by atoms with Crippen molar-refractivity contribution in [2.75, 3.05) is 11.9 Å². The number of rotatable bonds is 13. The van der Waals surface area contributed by atoms with Crippen LogP contribution in [0.5, 0.6) is 5.75 Å². The molecule has 2 saturated carbocycles. The van der Waals surface area contributed by atoms with E-state index in [1.54, 1.807) is 6.07 Å². The van der Waals surface area contributed by atoms with E-state index in [2.05, 4.69) is 49.3 Å². The minimum atomic E-state index is -5.38. The molecule has 3 aliphatic carbocycles. The van der Waals surface area contributed by atoms with Gasteiger partial charge in [-0.3, -0.25) is 9.78 Å². The molecular formula is C39H40ClF4N3O6S. The number of benzene rings is 2. The van der Waals surface area contributed by atoms with E-state index in [-0.39, 0.29) is 39.8 Å². The topological polar surface area (TPSA) is 135 Å². The summed E-state index contributed by atoms with van der Waals surface area (Å²) in [7, 11) is -5.38. The Balaban J connectivity index is 1.33. The highest BCUT2D eigenvalue weighted by Gasteiger charge is 2.60. The van der Waals surface area contributed by atoms with Crippen molar-refractivity contribution in [2.24, 2.45) is 0 Å². The molecular weight excluding hydrogens is 750 g/mol. The van der Waals surface area contributed by atoms with Crippen LogP contribution in [0.4, 0.5) is 23.2 Å². The number of pyridine rings is 1. The summed E-state index contributed by atoms with van der Waals surface area (Å²) in [5, 5.41) is 9.98. The Hall–Kier alpha value is -4.27. The van der Waals surface area contributed by atoms with E-state index >= 15 is 4.39 Å². The van der Waals surface area contributed by atoms with E-state index in [0.717, 1.165) is 24.0 Å². The zero-order chi connectivity index (χ0) is 39.3. The number of nitrogens with one attached hydrogen (secondary N) is 2. The first-order valence-electron chi connectivity index (χ1n) is 17.5.